The fourth-order valence-corrected chi connectivity index (χ4v) is 5.96. The molecule has 0 spiro atoms. The number of benzene rings is 2. The molecule has 4 rings (SSSR count). The van der Waals surface area contributed by atoms with Crippen molar-refractivity contribution in [2.75, 3.05) is 0 Å². The molecule has 2 N–H and O–H groups in total. The van der Waals surface area contributed by atoms with E-state index >= 15 is 0 Å². The zero-order chi connectivity index (χ0) is 26.8. The van der Waals surface area contributed by atoms with Crippen molar-refractivity contribution >= 4 is 10.2 Å². The number of hydrogen-bond donors (Lipinski definition) is 2. The maximum atomic E-state index is 12.9. The lowest BCUT2D eigenvalue weighted by atomic mass is 9.93. The van der Waals surface area contributed by atoms with Crippen molar-refractivity contribution in [1.82, 2.24) is 19.2 Å². The summed E-state index contributed by atoms with van der Waals surface area (Å²) >= 11 is 0. The first-order valence-electron chi connectivity index (χ1n) is 12.2. The Bertz CT molecular complexity index is 1330. The Morgan fingerprint density at radius 1 is 1.03 bits per heavy atom. The SMILES string of the molecule is CCn1nc(-c2cccc(C(C)(C)NS(=O)(=O)NC3CCCC3)c2)cc1Oc1ccc(C(F)(F)F)cc1. The summed E-state index contributed by atoms with van der Waals surface area (Å²) in [4.78, 5) is 0. The van der Waals surface area contributed by atoms with E-state index in [1.165, 1.54) is 12.1 Å². The number of ether oxygens (including phenoxy) is 1. The van der Waals surface area contributed by atoms with Crippen LogP contribution in [0.3, 0.4) is 0 Å². The molecule has 2 aromatic carbocycles. The van der Waals surface area contributed by atoms with E-state index in [0.29, 0.717) is 18.1 Å². The molecule has 200 valence electrons. The maximum Gasteiger partial charge on any atom is 0.416 e. The van der Waals surface area contributed by atoms with E-state index in [4.69, 9.17) is 4.74 Å². The molecule has 1 saturated carbocycles. The highest BCUT2D eigenvalue weighted by Crippen LogP contribution is 2.33. The van der Waals surface area contributed by atoms with Crippen LogP contribution in [0.25, 0.3) is 11.3 Å². The average molecular weight is 537 g/mol. The zero-order valence-electron chi connectivity index (χ0n) is 21.0. The lowest BCUT2D eigenvalue weighted by molar-refractivity contribution is -0.137. The molecule has 11 heteroatoms. The number of nitrogens with one attached hydrogen (secondary N) is 2. The molecule has 0 bridgehead atoms. The number of aryl methyl sites for hydroxylation is 1. The molecule has 1 fully saturated rings. The highest BCUT2D eigenvalue weighted by atomic mass is 32.2. The van der Waals surface area contributed by atoms with E-state index in [1.807, 2.05) is 31.2 Å². The lowest BCUT2D eigenvalue weighted by Crippen LogP contribution is -2.49. The summed E-state index contributed by atoms with van der Waals surface area (Å²) in [6.45, 7) is 5.95. The third-order valence-corrected chi connectivity index (χ3v) is 7.82. The fourth-order valence-electron chi connectivity index (χ4n) is 4.44. The molecular formula is C26H31F3N4O3S. The third kappa shape index (κ3) is 6.71. The van der Waals surface area contributed by atoms with Crippen LogP contribution in [0.15, 0.2) is 54.6 Å². The molecule has 7 nitrogen and oxygen atoms in total. The molecule has 1 heterocycles. The molecule has 0 amide bonds. The van der Waals surface area contributed by atoms with Crippen molar-refractivity contribution in [3.05, 3.63) is 65.7 Å². The molecule has 0 saturated heterocycles. The summed E-state index contributed by atoms with van der Waals surface area (Å²) in [5.41, 5.74) is 0.440. The van der Waals surface area contributed by atoms with Crippen LogP contribution in [0.2, 0.25) is 0 Å². The second-order valence-corrected chi connectivity index (χ2v) is 11.2. The molecule has 1 aromatic heterocycles. The van der Waals surface area contributed by atoms with E-state index < -0.39 is 27.5 Å². The van der Waals surface area contributed by atoms with E-state index in [9.17, 15) is 21.6 Å². The topological polar surface area (TPSA) is 85.2 Å². The molecule has 0 unspecified atom stereocenters. The van der Waals surface area contributed by atoms with Crippen molar-refractivity contribution in [3.8, 4) is 22.9 Å². The standard InChI is InChI=1S/C26H31F3N4O3S/c1-4-33-24(36-22-14-12-19(13-15-22)26(27,28)29)17-23(30-33)18-8-7-9-20(16-18)25(2,3)32-37(34,35)31-21-10-5-6-11-21/h7-9,12-17,21,31-32H,4-6,10-11H2,1-3H3. The summed E-state index contributed by atoms with van der Waals surface area (Å²) < 4.78 is 77.0. The number of alkyl halides is 3. The number of rotatable bonds is 9. The molecule has 0 atom stereocenters. The van der Waals surface area contributed by atoms with Gasteiger partial charge in [0.25, 0.3) is 10.2 Å². The van der Waals surface area contributed by atoms with Crippen molar-refractivity contribution in [2.24, 2.45) is 0 Å². The van der Waals surface area contributed by atoms with Crippen LogP contribution < -0.4 is 14.2 Å². The monoisotopic (exact) mass is 536 g/mol. The minimum Gasteiger partial charge on any atom is -0.439 e. The van der Waals surface area contributed by atoms with Crippen molar-refractivity contribution in [2.45, 2.75) is 70.8 Å². The zero-order valence-corrected chi connectivity index (χ0v) is 21.8. The van der Waals surface area contributed by atoms with Gasteiger partial charge in [-0.3, -0.25) is 0 Å². The Labute approximate surface area is 215 Å². The first-order chi connectivity index (χ1) is 17.4. The van der Waals surface area contributed by atoms with E-state index in [2.05, 4.69) is 14.5 Å². The van der Waals surface area contributed by atoms with E-state index in [-0.39, 0.29) is 11.8 Å². The molecule has 37 heavy (non-hydrogen) atoms. The van der Waals surface area contributed by atoms with Gasteiger partial charge in [-0.15, -0.1) is 0 Å². The van der Waals surface area contributed by atoms with Gasteiger partial charge in [0.1, 0.15) is 5.75 Å². The Balaban J connectivity index is 1.54. The van der Waals surface area contributed by atoms with Crippen LogP contribution in [0.4, 0.5) is 13.2 Å². The largest absolute Gasteiger partial charge is 0.439 e. The van der Waals surface area contributed by atoms with Crippen LogP contribution in [-0.2, 0) is 28.5 Å². The Morgan fingerprint density at radius 3 is 2.32 bits per heavy atom. The van der Waals surface area contributed by atoms with Crippen LogP contribution in [0.1, 0.15) is 57.6 Å². The van der Waals surface area contributed by atoms with Crippen molar-refractivity contribution in [1.29, 1.82) is 0 Å². The molecule has 0 aliphatic heterocycles. The van der Waals surface area contributed by atoms with Gasteiger partial charge in [0, 0.05) is 24.2 Å². The number of hydrogen-bond acceptors (Lipinski definition) is 4. The second kappa shape index (κ2) is 10.5. The maximum absolute atomic E-state index is 12.9. The highest BCUT2D eigenvalue weighted by molar-refractivity contribution is 7.87. The summed E-state index contributed by atoms with van der Waals surface area (Å²) in [6, 6.07) is 13.5. The summed E-state index contributed by atoms with van der Waals surface area (Å²) in [6.07, 6.45) is -0.695. The van der Waals surface area contributed by atoms with E-state index in [1.54, 1.807) is 24.6 Å². The van der Waals surface area contributed by atoms with Crippen LogP contribution in [0.5, 0.6) is 11.6 Å². The second-order valence-electron chi connectivity index (χ2n) is 9.72. The van der Waals surface area contributed by atoms with Gasteiger partial charge in [0.15, 0.2) is 0 Å². The van der Waals surface area contributed by atoms with Crippen LogP contribution in [-0.4, -0.2) is 24.2 Å². The first-order valence-corrected chi connectivity index (χ1v) is 13.7. The molecule has 1 aliphatic rings. The molecule has 1 aliphatic carbocycles. The normalized spacial score (nSPS) is 15.3. The minimum atomic E-state index is -4.42. The number of halogens is 3. The first kappa shape index (κ1) is 27.2. The number of aromatic nitrogens is 2. The summed E-state index contributed by atoms with van der Waals surface area (Å²) in [5.74, 6) is 0.636. The van der Waals surface area contributed by atoms with E-state index in [0.717, 1.165) is 48.9 Å². The van der Waals surface area contributed by atoms with Crippen LogP contribution in [0, 0.1) is 0 Å². The van der Waals surface area contributed by atoms with Crippen molar-refractivity contribution < 1.29 is 26.3 Å². The predicted molar refractivity (Wildman–Crippen MR) is 135 cm³/mol. The summed E-state index contributed by atoms with van der Waals surface area (Å²) in [5, 5.41) is 4.58. The van der Waals surface area contributed by atoms with Gasteiger partial charge >= 0.3 is 6.18 Å². The predicted octanol–water partition coefficient (Wildman–Crippen LogP) is 5.98. The number of nitrogens with zero attached hydrogens (tertiary/aromatic N) is 2. The quantitative estimate of drug-likeness (QED) is 0.352. The van der Waals surface area contributed by atoms with Gasteiger partial charge in [-0.2, -0.15) is 36.1 Å². The van der Waals surface area contributed by atoms with Crippen molar-refractivity contribution in [3.63, 3.8) is 0 Å². The molecule has 0 radical (unpaired) electrons. The van der Waals surface area contributed by atoms with Crippen LogP contribution >= 0.6 is 0 Å². The van der Waals surface area contributed by atoms with Gasteiger partial charge in [-0.05, 0) is 69.5 Å². The Morgan fingerprint density at radius 2 is 1.70 bits per heavy atom. The Kier molecular flexibility index (Phi) is 7.68. The third-order valence-electron chi connectivity index (χ3n) is 6.39. The van der Waals surface area contributed by atoms with Gasteiger partial charge in [0.2, 0.25) is 5.88 Å². The van der Waals surface area contributed by atoms with Gasteiger partial charge in [0.05, 0.1) is 16.8 Å². The Hall–Kier alpha value is -2.89. The highest BCUT2D eigenvalue weighted by Gasteiger charge is 2.31. The lowest BCUT2D eigenvalue weighted by Gasteiger charge is -2.28. The smallest absolute Gasteiger partial charge is 0.416 e. The van der Waals surface area contributed by atoms with Gasteiger partial charge in [-0.1, -0.05) is 31.0 Å². The van der Waals surface area contributed by atoms with Gasteiger partial charge < -0.3 is 4.74 Å². The molecule has 3 aromatic rings. The minimum absolute atomic E-state index is 0.0410. The average Bonchev–Trinajstić information content (AvgIpc) is 3.47. The molecular weight excluding hydrogens is 505 g/mol. The summed E-state index contributed by atoms with van der Waals surface area (Å²) in [7, 11) is -3.71. The fraction of sp³-hybridized carbons (Fsp3) is 0.423. The van der Waals surface area contributed by atoms with Gasteiger partial charge in [-0.25, -0.2) is 4.68 Å².